The van der Waals surface area contributed by atoms with Gasteiger partial charge in [-0.1, -0.05) is 108 Å². The summed E-state index contributed by atoms with van der Waals surface area (Å²) in [6, 6.07) is 22.7. The number of unbranched alkanes of at least 4 members (excludes halogenated alkanes) is 9. The van der Waals surface area contributed by atoms with E-state index in [0.29, 0.717) is 24.3 Å². The van der Waals surface area contributed by atoms with Gasteiger partial charge in [0, 0.05) is 0 Å². The van der Waals surface area contributed by atoms with Gasteiger partial charge in [0.2, 0.25) is 0 Å². The molecule has 1 N–H and O–H groups in total. The predicted molar refractivity (Wildman–Crippen MR) is 166 cm³/mol. The summed E-state index contributed by atoms with van der Waals surface area (Å²) in [6.45, 7) is 4.68. The molecular weight excluding hydrogens is 512 g/mol. The van der Waals surface area contributed by atoms with Crippen LogP contribution >= 0.6 is 0 Å². The van der Waals surface area contributed by atoms with E-state index in [4.69, 9.17) is 14.6 Å². The molecule has 0 radical (unpaired) electrons. The van der Waals surface area contributed by atoms with Crippen LogP contribution in [0.3, 0.4) is 0 Å². The van der Waals surface area contributed by atoms with Gasteiger partial charge in [-0.15, -0.1) is 0 Å². The van der Waals surface area contributed by atoms with Crippen molar-refractivity contribution in [3.05, 3.63) is 83.9 Å². The minimum Gasteiger partial charge on any atom is -0.494 e. The third kappa shape index (κ3) is 11.8. The predicted octanol–water partition coefficient (Wildman–Crippen LogP) is 9.53. The largest absolute Gasteiger partial charge is 0.494 e. The molecule has 1 atom stereocenters. The monoisotopic (exact) mass is 558 g/mol. The highest BCUT2D eigenvalue weighted by Gasteiger charge is 2.11. The molecule has 3 rings (SSSR count). The van der Waals surface area contributed by atoms with E-state index in [1.165, 1.54) is 57.8 Å². The molecule has 5 heteroatoms. The number of carboxylic acid groups (broad SMARTS) is 1. The molecule has 0 aliphatic carbocycles. The van der Waals surface area contributed by atoms with E-state index >= 15 is 0 Å². The highest BCUT2D eigenvalue weighted by atomic mass is 16.5. The summed E-state index contributed by atoms with van der Waals surface area (Å²) in [6.07, 6.45) is 14.3. The van der Waals surface area contributed by atoms with Crippen LogP contribution in [0.2, 0.25) is 0 Å². The summed E-state index contributed by atoms with van der Waals surface area (Å²) < 4.78 is 11.4. The van der Waals surface area contributed by atoms with Crippen LogP contribution in [0.25, 0.3) is 11.1 Å². The molecule has 5 nitrogen and oxygen atoms in total. The van der Waals surface area contributed by atoms with Crippen molar-refractivity contribution in [2.75, 3.05) is 6.61 Å². The Morgan fingerprint density at radius 3 is 1.76 bits per heavy atom. The maximum absolute atomic E-state index is 12.6. The molecule has 0 bridgehead atoms. The van der Waals surface area contributed by atoms with Crippen molar-refractivity contribution in [3.8, 4) is 22.6 Å². The van der Waals surface area contributed by atoms with Crippen molar-refractivity contribution in [1.82, 2.24) is 0 Å². The Morgan fingerprint density at radius 2 is 1.20 bits per heavy atom. The summed E-state index contributed by atoms with van der Waals surface area (Å²) >= 11 is 0. The molecule has 0 aliphatic heterocycles. The Labute approximate surface area is 245 Å². The van der Waals surface area contributed by atoms with Crippen LogP contribution < -0.4 is 9.47 Å². The summed E-state index contributed by atoms with van der Waals surface area (Å²) in [5.41, 5.74) is 3.65. The Bertz CT molecular complexity index is 1170. The highest BCUT2D eigenvalue weighted by Crippen LogP contribution is 2.24. The molecular formula is C36H46O5. The van der Waals surface area contributed by atoms with E-state index in [9.17, 15) is 9.59 Å². The fourth-order valence-electron chi connectivity index (χ4n) is 4.72. The van der Waals surface area contributed by atoms with Crippen LogP contribution in [-0.2, 0) is 11.2 Å². The van der Waals surface area contributed by atoms with Crippen molar-refractivity contribution in [2.45, 2.75) is 90.9 Å². The van der Waals surface area contributed by atoms with Crippen LogP contribution in [0.1, 0.15) is 100 Å². The minimum absolute atomic E-state index is 0.351. The maximum Gasteiger partial charge on any atom is 0.343 e. The summed E-state index contributed by atoms with van der Waals surface area (Å²) in [5.74, 6) is -0.263. The first kappa shape index (κ1) is 31.9. The number of ether oxygens (including phenoxy) is 2. The molecule has 41 heavy (non-hydrogen) atoms. The number of hydrogen-bond donors (Lipinski definition) is 1. The fourth-order valence-corrected chi connectivity index (χ4v) is 4.72. The van der Waals surface area contributed by atoms with Gasteiger partial charge in [0.05, 0.1) is 18.1 Å². The van der Waals surface area contributed by atoms with Gasteiger partial charge in [-0.3, -0.25) is 4.79 Å². The van der Waals surface area contributed by atoms with Crippen molar-refractivity contribution in [3.63, 3.8) is 0 Å². The van der Waals surface area contributed by atoms with Gasteiger partial charge in [-0.2, -0.15) is 0 Å². The van der Waals surface area contributed by atoms with Gasteiger partial charge >= 0.3 is 11.9 Å². The third-order valence-electron chi connectivity index (χ3n) is 7.50. The molecule has 0 aromatic heterocycles. The van der Waals surface area contributed by atoms with Gasteiger partial charge in [-0.25, -0.2) is 4.79 Å². The number of carbonyl (C=O) groups excluding carboxylic acids is 1. The van der Waals surface area contributed by atoms with E-state index in [1.54, 1.807) is 31.2 Å². The second-order valence-corrected chi connectivity index (χ2v) is 10.9. The van der Waals surface area contributed by atoms with E-state index in [0.717, 1.165) is 35.3 Å². The van der Waals surface area contributed by atoms with Crippen LogP contribution in [0.15, 0.2) is 72.8 Å². The topological polar surface area (TPSA) is 72.8 Å². The van der Waals surface area contributed by atoms with E-state index in [-0.39, 0.29) is 5.92 Å². The number of carboxylic acids is 1. The molecule has 3 aromatic rings. The van der Waals surface area contributed by atoms with Crippen LogP contribution in [-0.4, -0.2) is 23.7 Å². The summed E-state index contributed by atoms with van der Waals surface area (Å²) in [5, 5.41) is 9.05. The van der Waals surface area contributed by atoms with E-state index in [2.05, 4.69) is 6.92 Å². The SMILES string of the molecule is CCCCCCCCCCCCOc1ccc(C(=O)Oc2ccc(-c3ccc(CC[C@H](C)C(=O)O)cc3)cc2)cc1. The second kappa shape index (κ2) is 18.0. The molecule has 0 saturated heterocycles. The van der Waals surface area contributed by atoms with Crippen molar-refractivity contribution >= 4 is 11.9 Å². The zero-order valence-corrected chi connectivity index (χ0v) is 24.8. The van der Waals surface area contributed by atoms with Crippen molar-refractivity contribution < 1.29 is 24.2 Å². The number of benzene rings is 3. The van der Waals surface area contributed by atoms with Gasteiger partial charge in [0.25, 0.3) is 0 Å². The van der Waals surface area contributed by atoms with Crippen LogP contribution in [0.4, 0.5) is 0 Å². The molecule has 0 saturated carbocycles. The van der Waals surface area contributed by atoms with Crippen LogP contribution in [0, 0.1) is 5.92 Å². The van der Waals surface area contributed by atoms with Gasteiger partial charge in [0.1, 0.15) is 11.5 Å². The lowest BCUT2D eigenvalue weighted by atomic mass is 9.98. The highest BCUT2D eigenvalue weighted by molar-refractivity contribution is 5.91. The first-order chi connectivity index (χ1) is 20.0. The summed E-state index contributed by atoms with van der Waals surface area (Å²) in [4.78, 5) is 23.6. The molecule has 220 valence electrons. The maximum atomic E-state index is 12.6. The smallest absolute Gasteiger partial charge is 0.343 e. The Morgan fingerprint density at radius 1 is 0.683 bits per heavy atom. The Kier molecular flexibility index (Phi) is 14.0. The molecule has 0 spiro atoms. The van der Waals surface area contributed by atoms with Gasteiger partial charge in [0.15, 0.2) is 0 Å². The number of aliphatic carboxylic acids is 1. The standard InChI is InChI=1S/C36H46O5/c1-3-4-5-6-7-8-9-10-11-12-27-40-33-23-21-32(22-24-33)36(39)41-34-25-19-31(20-26-34)30-17-15-29(16-18-30)14-13-28(2)35(37)38/h15-26,28H,3-14,27H2,1-2H3,(H,37,38)/t28-/m0/s1. The number of carbonyl (C=O) groups is 2. The average molecular weight is 559 g/mol. The van der Waals surface area contributed by atoms with Crippen LogP contribution in [0.5, 0.6) is 11.5 Å². The molecule has 0 aliphatic rings. The molecule has 0 unspecified atom stereocenters. The Hall–Kier alpha value is -3.60. The molecule has 0 fully saturated rings. The fraction of sp³-hybridized carbons (Fsp3) is 0.444. The Balaban J connectivity index is 1.36. The molecule has 0 amide bonds. The summed E-state index contributed by atoms with van der Waals surface area (Å²) in [7, 11) is 0. The first-order valence-corrected chi connectivity index (χ1v) is 15.3. The molecule has 3 aromatic carbocycles. The van der Waals surface area contributed by atoms with Gasteiger partial charge < -0.3 is 14.6 Å². The van der Waals surface area contributed by atoms with Crippen molar-refractivity contribution in [1.29, 1.82) is 0 Å². The third-order valence-corrected chi connectivity index (χ3v) is 7.50. The number of aryl methyl sites for hydroxylation is 1. The lowest BCUT2D eigenvalue weighted by Crippen LogP contribution is -2.10. The van der Waals surface area contributed by atoms with E-state index < -0.39 is 11.9 Å². The second-order valence-electron chi connectivity index (χ2n) is 10.9. The average Bonchev–Trinajstić information content (AvgIpc) is 2.99. The lowest BCUT2D eigenvalue weighted by molar-refractivity contribution is -0.141. The normalized spacial score (nSPS) is 11.7. The number of rotatable bonds is 19. The van der Waals surface area contributed by atoms with Crippen molar-refractivity contribution in [2.24, 2.45) is 5.92 Å². The minimum atomic E-state index is -0.761. The zero-order valence-electron chi connectivity index (χ0n) is 24.8. The first-order valence-electron chi connectivity index (χ1n) is 15.3. The number of hydrogen-bond acceptors (Lipinski definition) is 4. The zero-order chi connectivity index (χ0) is 29.3. The van der Waals surface area contributed by atoms with E-state index in [1.807, 2.05) is 48.5 Å². The number of esters is 1. The molecule has 0 heterocycles. The van der Waals surface area contributed by atoms with Gasteiger partial charge in [-0.05, 0) is 72.4 Å². The lowest BCUT2D eigenvalue weighted by Gasteiger charge is -2.09. The quantitative estimate of drug-likeness (QED) is 0.0901.